The molecule has 9 heavy (non-hydrogen) atoms. The van der Waals surface area contributed by atoms with E-state index >= 15 is 0 Å². The molecule has 0 aromatic rings. The normalized spacial score (nSPS) is 11.8. The van der Waals surface area contributed by atoms with Gasteiger partial charge in [0.15, 0.2) is 6.23 Å². The molecule has 0 saturated heterocycles. The molecular formula is C5H9NOS2. The highest BCUT2D eigenvalue weighted by atomic mass is 32.1. The van der Waals surface area contributed by atoms with Crippen LogP contribution in [0.5, 0.6) is 0 Å². The summed E-state index contributed by atoms with van der Waals surface area (Å²) in [4.78, 5) is 0. The van der Waals surface area contributed by atoms with Crippen LogP contribution in [0, 0.1) is 0 Å². The summed E-state index contributed by atoms with van der Waals surface area (Å²) < 4.78 is 5.29. The smallest absolute Gasteiger partial charge is 0.167 e. The average molecular weight is 163 g/mol. The minimum absolute atomic E-state index is 0.146. The monoisotopic (exact) mass is 163 g/mol. The Labute approximate surface area is 65.7 Å². The molecule has 1 N–H and O–H groups in total. The van der Waals surface area contributed by atoms with Crippen LogP contribution < -0.4 is 5.32 Å². The molecule has 0 rings (SSSR count). The van der Waals surface area contributed by atoms with Gasteiger partial charge in [0, 0.05) is 0 Å². The molecule has 52 valence electrons. The van der Waals surface area contributed by atoms with Gasteiger partial charge in [-0.25, -0.2) is 0 Å². The van der Waals surface area contributed by atoms with E-state index in [9.17, 15) is 0 Å². The highest BCUT2D eigenvalue weighted by Gasteiger charge is 1.96. The molecule has 0 radical (unpaired) electrons. The van der Waals surface area contributed by atoms with Gasteiger partial charge in [0.2, 0.25) is 0 Å². The Hall–Kier alpha value is -0.220. The zero-order valence-corrected chi connectivity index (χ0v) is 6.84. The van der Waals surface area contributed by atoms with Crippen LogP contribution in [0.1, 0.15) is 6.92 Å². The van der Waals surface area contributed by atoms with Crippen molar-refractivity contribution in [1.82, 2.24) is 5.32 Å². The number of ether oxygens (including phenoxy) is 1. The molecule has 2 nitrogen and oxygen atoms in total. The molecule has 1 atom stereocenters. The van der Waals surface area contributed by atoms with Crippen molar-refractivity contribution in [2.45, 2.75) is 13.2 Å². The fourth-order valence-corrected chi connectivity index (χ4v) is 0.700. The van der Waals surface area contributed by atoms with Gasteiger partial charge in [-0.1, -0.05) is 18.8 Å². The molecule has 0 aliphatic rings. The summed E-state index contributed by atoms with van der Waals surface area (Å²) in [6.07, 6.45) is 1.21. The zero-order chi connectivity index (χ0) is 7.28. The van der Waals surface area contributed by atoms with Crippen molar-refractivity contribution in [2.75, 3.05) is 0 Å². The number of hydrogen-bond acceptors (Lipinski definition) is 2. The van der Waals surface area contributed by atoms with E-state index < -0.39 is 0 Å². The number of rotatable bonds is 3. The number of nitrogens with one attached hydrogen (secondary N) is 1. The molecule has 0 amide bonds. The standard InChI is InChI=1S/C5H9NOS2/c1-3-7-4(2)6-5(8)9/h3-4H,1H2,2H3,(H2,6,8,9). The fraction of sp³-hybridized carbons (Fsp3) is 0.400. The van der Waals surface area contributed by atoms with Crippen molar-refractivity contribution < 1.29 is 4.74 Å². The van der Waals surface area contributed by atoms with E-state index in [1.165, 1.54) is 6.26 Å². The van der Waals surface area contributed by atoms with Gasteiger partial charge in [0.05, 0.1) is 6.26 Å². The number of thiocarbonyl (C=S) groups is 1. The first-order chi connectivity index (χ1) is 4.16. The van der Waals surface area contributed by atoms with E-state index in [0.29, 0.717) is 4.32 Å². The van der Waals surface area contributed by atoms with Crippen molar-refractivity contribution >= 4 is 29.2 Å². The van der Waals surface area contributed by atoms with Crippen LogP contribution in [0.4, 0.5) is 0 Å². The van der Waals surface area contributed by atoms with Crippen molar-refractivity contribution in [2.24, 2.45) is 0 Å². The molecule has 4 heteroatoms. The van der Waals surface area contributed by atoms with Crippen LogP contribution in [-0.2, 0) is 4.74 Å². The maximum absolute atomic E-state index is 4.87. The maximum atomic E-state index is 4.87. The highest BCUT2D eigenvalue weighted by Crippen LogP contribution is 1.87. The van der Waals surface area contributed by atoms with Gasteiger partial charge in [-0.3, -0.25) is 0 Å². The van der Waals surface area contributed by atoms with E-state index in [1.807, 2.05) is 6.92 Å². The van der Waals surface area contributed by atoms with Gasteiger partial charge in [0.1, 0.15) is 4.32 Å². The van der Waals surface area contributed by atoms with Crippen LogP contribution in [0.2, 0.25) is 0 Å². The molecule has 0 saturated carbocycles. The molecule has 0 heterocycles. The predicted octanol–water partition coefficient (Wildman–Crippen LogP) is 1.30. The maximum Gasteiger partial charge on any atom is 0.167 e. The predicted molar refractivity (Wildman–Crippen MR) is 45.5 cm³/mol. The minimum atomic E-state index is -0.146. The first-order valence-corrected chi connectivity index (χ1v) is 3.28. The Balaban J connectivity index is 3.37. The average Bonchev–Trinajstić information content (AvgIpc) is 1.63. The van der Waals surface area contributed by atoms with Crippen LogP contribution in [0.25, 0.3) is 0 Å². The SMILES string of the molecule is C=COC(C)NC(=S)S. The van der Waals surface area contributed by atoms with Gasteiger partial charge in [-0.2, -0.15) is 0 Å². The quantitative estimate of drug-likeness (QED) is 0.283. The highest BCUT2D eigenvalue weighted by molar-refractivity contribution is 8.11. The first kappa shape index (κ1) is 8.78. The second kappa shape index (κ2) is 4.64. The van der Waals surface area contributed by atoms with Crippen molar-refractivity contribution in [3.63, 3.8) is 0 Å². The van der Waals surface area contributed by atoms with Crippen molar-refractivity contribution in [1.29, 1.82) is 0 Å². The molecule has 0 fully saturated rings. The third-order valence-electron chi connectivity index (χ3n) is 0.627. The van der Waals surface area contributed by atoms with E-state index in [1.54, 1.807) is 0 Å². The lowest BCUT2D eigenvalue weighted by molar-refractivity contribution is 0.151. The molecule has 0 aromatic heterocycles. The third-order valence-corrected chi connectivity index (χ3v) is 0.874. The topological polar surface area (TPSA) is 21.3 Å². The largest absolute Gasteiger partial charge is 0.479 e. The lowest BCUT2D eigenvalue weighted by Crippen LogP contribution is -2.28. The van der Waals surface area contributed by atoms with E-state index in [-0.39, 0.29) is 6.23 Å². The van der Waals surface area contributed by atoms with Crippen molar-refractivity contribution in [3.8, 4) is 0 Å². The molecule has 0 aliphatic heterocycles. The Bertz CT molecular complexity index is 116. The zero-order valence-electron chi connectivity index (χ0n) is 5.13. The van der Waals surface area contributed by atoms with Gasteiger partial charge in [0.25, 0.3) is 0 Å². The lowest BCUT2D eigenvalue weighted by atomic mass is 10.7. The molecule has 1 unspecified atom stereocenters. The van der Waals surface area contributed by atoms with Gasteiger partial charge in [-0.15, -0.1) is 12.6 Å². The Kier molecular flexibility index (Phi) is 4.53. The summed E-state index contributed by atoms with van der Waals surface area (Å²) in [6.45, 7) is 5.19. The number of hydrogen-bond donors (Lipinski definition) is 2. The Morgan fingerprint density at radius 2 is 2.56 bits per heavy atom. The van der Waals surface area contributed by atoms with Crippen molar-refractivity contribution in [3.05, 3.63) is 12.8 Å². The van der Waals surface area contributed by atoms with Crippen LogP contribution in [0.3, 0.4) is 0 Å². The summed E-state index contributed by atoms with van der Waals surface area (Å²) in [5, 5.41) is 2.75. The van der Waals surface area contributed by atoms with Crippen LogP contribution in [0.15, 0.2) is 12.8 Å². The molecular weight excluding hydrogens is 154 g/mol. The van der Waals surface area contributed by atoms with E-state index in [4.69, 9.17) is 4.74 Å². The third kappa shape index (κ3) is 5.65. The minimum Gasteiger partial charge on any atom is -0.479 e. The number of thiol groups is 1. The summed E-state index contributed by atoms with van der Waals surface area (Å²) in [7, 11) is 0. The van der Waals surface area contributed by atoms with E-state index in [2.05, 4.69) is 36.7 Å². The summed E-state index contributed by atoms with van der Waals surface area (Å²) in [6, 6.07) is 0. The van der Waals surface area contributed by atoms with Gasteiger partial charge >= 0.3 is 0 Å². The van der Waals surface area contributed by atoms with E-state index in [0.717, 1.165) is 0 Å². The molecule has 0 aromatic carbocycles. The summed E-state index contributed by atoms with van der Waals surface area (Å²) in [5.41, 5.74) is 0. The molecule has 0 aliphatic carbocycles. The van der Waals surface area contributed by atoms with Gasteiger partial charge in [-0.05, 0) is 6.92 Å². The van der Waals surface area contributed by atoms with Gasteiger partial charge < -0.3 is 10.1 Å². The first-order valence-electron chi connectivity index (χ1n) is 2.42. The molecule has 0 spiro atoms. The molecule has 0 bridgehead atoms. The van der Waals surface area contributed by atoms with Crippen LogP contribution >= 0.6 is 24.8 Å². The summed E-state index contributed by atoms with van der Waals surface area (Å²) in [5.74, 6) is 0. The summed E-state index contributed by atoms with van der Waals surface area (Å²) >= 11 is 8.46. The second-order valence-corrected chi connectivity index (χ2v) is 2.55. The Morgan fingerprint density at radius 3 is 2.89 bits per heavy atom. The fourth-order valence-electron chi connectivity index (χ4n) is 0.352. The Morgan fingerprint density at radius 1 is 2.00 bits per heavy atom. The van der Waals surface area contributed by atoms with Crippen LogP contribution in [-0.4, -0.2) is 10.5 Å². The lowest BCUT2D eigenvalue weighted by Gasteiger charge is -2.11. The second-order valence-electron chi connectivity index (χ2n) is 1.39.